The number of rotatable bonds is 5. The van der Waals surface area contributed by atoms with Gasteiger partial charge in [0.05, 0.1) is 26.1 Å². The Hall–Kier alpha value is -2.25. The molecule has 0 spiro atoms. The number of allylic oxidation sites excluding steroid dienone is 1. The molecular weight excluding hydrogens is 318 g/mol. The zero-order valence-corrected chi connectivity index (χ0v) is 14.0. The Bertz CT molecular complexity index is 624. The van der Waals surface area contributed by atoms with Gasteiger partial charge in [-0.25, -0.2) is 0 Å². The zero-order valence-electron chi connectivity index (χ0n) is 14.0. The Morgan fingerprint density at radius 1 is 1.42 bits per heavy atom. The van der Waals surface area contributed by atoms with E-state index in [2.05, 4.69) is 0 Å². The first-order valence-electron chi connectivity index (χ1n) is 7.90. The first kappa shape index (κ1) is 18.1. The zero-order chi connectivity index (χ0) is 18.1. The number of ketones is 1. The molecule has 8 heteroatoms. The number of carbonyl (C=O) groups excluding carboxylic acids is 3. The van der Waals surface area contributed by atoms with E-state index < -0.39 is 46.4 Å². The Morgan fingerprint density at radius 2 is 2.08 bits per heavy atom. The summed E-state index contributed by atoms with van der Waals surface area (Å²) in [6, 6.07) is -0.929. The molecule has 0 amide bonds. The van der Waals surface area contributed by atoms with Gasteiger partial charge in [-0.2, -0.15) is 0 Å². The number of Topliss-reactive ketones (excluding diaryl/α,β-unsaturated/α-hetero) is 1. The number of nitro groups is 1. The second-order valence-corrected chi connectivity index (χ2v) is 6.28. The first-order chi connectivity index (χ1) is 11.3. The summed E-state index contributed by atoms with van der Waals surface area (Å²) < 4.78 is 9.64. The molecule has 0 N–H and O–H groups in total. The molecule has 2 aliphatic carbocycles. The average molecular weight is 339 g/mol. The van der Waals surface area contributed by atoms with E-state index in [1.807, 2.05) is 0 Å². The lowest BCUT2D eigenvalue weighted by molar-refractivity contribution is -0.531. The summed E-state index contributed by atoms with van der Waals surface area (Å²) in [7, 11) is 1.14. The second-order valence-electron chi connectivity index (χ2n) is 6.28. The standard InChI is InChI=1S/C16H21NO7/c1-4-24-12(18)8-16(15(20)23-3)7-10-11(17(21)22)6-5-9(2)13(10)14(16)19/h10-11H,4-8H2,1-3H3/t10-,11+,16?/m0/s1. The van der Waals surface area contributed by atoms with Gasteiger partial charge >= 0.3 is 11.9 Å². The molecule has 0 bridgehead atoms. The third-order valence-corrected chi connectivity index (χ3v) is 4.96. The Kier molecular flexibility index (Phi) is 5.05. The normalized spacial score (nSPS) is 29.2. The Morgan fingerprint density at radius 3 is 2.62 bits per heavy atom. The van der Waals surface area contributed by atoms with Gasteiger partial charge in [-0.3, -0.25) is 24.5 Å². The molecule has 2 aliphatic rings. The van der Waals surface area contributed by atoms with Crippen LogP contribution in [0.15, 0.2) is 11.1 Å². The van der Waals surface area contributed by atoms with E-state index >= 15 is 0 Å². The lowest BCUT2D eigenvalue weighted by atomic mass is 9.79. The smallest absolute Gasteiger partial charge is 0.320 e. The van der Waals surface area contributed by atoms with E-state index in [1.54, 1.807) is 13.8 Å². The van der Waals surface area contributed by atoms with E-state index in [-0.39, 0.29) is 13.0 Å². The minimum absolute atomic E-state index is 0.0877. The van der Waals surface area contributed by atoms with Crippen LogP contribution in [0, 0.1) is 21.4 Å². The predicted octanol–water partition coefficient (Wildman–Crippen LogP) is 1.44. The lowest BCUT2D eigenvalue weighted by Crippen LogP contribution is -2.39. The van der Waals surface area contributed by atoms with Crippen LogP contribution in [0.3, 0.4) is 0 Å². The minimum atomic E-state index is -1.72. The molecule has 8 nitrogen and oxygen atoms in total. The second kappa shape index (κ2) is 6.70. The molecule has 2 rings (SSSR count). The maximum absolute atomic E-state index is 13.0. The number of carbonyl (C=O) groups is 3. The molecule has 0 aromatic carbocycles. The third-order valence-electron chi connectivity index (χ3n) is 4.96. The Balaban J connectivity index is 2.48. The van der Waals surface area contributed by atoms with Crippen molar-refractivity contribution in [3.05, 3.63) is 21.3 Å². The van der Waals surface area contributed by atoms with Gasteiger partial charge in [0.2, 0.25) is 6.04 Å². The fraction of sp³-hybridized carbons (Fsp3) is 0.688. The summed E-state index contributed by atoms with van der Waals surface area (Å²) in [5, 5.41) is 11.3. The molecule has 3 atom stereocenters. The number of hydrogen-bond acceptors (Lipinski definition) is 7. The summed E-state index contributed by atoms with van der Waals surface area (Å²) in [6.45, 7) is 3.48. The van der Waals surface area contributed by atoms with Crippen LogP contribution in [0.1, 0.15) is 39.5 Å². The van der Waals surface area contributed by atoms with Gasteiger partial charge in [-0.05, 0) is 26.7 Å². The highest BCUT2D eigenvalue weighted by atomic mass is 16.6. The highest BCUT2D eigenvalue weighted by molar-refractivity contribution is 6.16. The molecule has 0 heterocycles. The van der Waals surface area contributed by atoms with Crippen molar-refractivity contribution < 1.29 is 28.8 Å². The van der Waals surface area contributed by atoms with E-state index in [0.29, 0.717) is 18.4 Å². The number of methoxy groups -OCH3 is 1. The molecule has 1 saturated carbocycles. The number of hydrogen-bond donors (Lipinski definition) is 0. The summed E-state index contributed by atoms with van der Waals surface area (Å²) >= 11 is 0. The van der Waals surface area contributed by atoms with Crippen molar-refractivity contribution in [2.45, 2.75) is 45.6 Å². The molecule has 1 fully saturated rings. The van der Waals surface area contributed by atoms with Crippen LogP contribution >= 0.6 is 0 Å². The van der Waals surface area contributed by atoms with Crippen LogP contribution in [0.4, 0.5) is 0 Å². The van der Waals surface area contributed by atoms with Crippen LogP contribution in [0.5, 0.6) is 0 Å². The molecule has 0 aliphatic heterocycles. The van der Waals surface area contributed by atoms with Crippen molar-refractivity contribution in [2.24, 2.45) is 11.3 Å². The fourth-order valence-electron chi connectivity index (χ4n) is 3.84. The van der Waals surface area contributed by atoms with Gasteiger partial charge < -0.3 is 9.47 Å². The van der Waals surface area contributed by atoms with Crippen molar-refractivity contribution in [2.75, 3.05) is 13.7 Å². The highest BCUT2D eigenvalue weighted by Crippen LogP contribution is 2.51. The molecule has 0 radical (unpaired) electrons. The van der Waals surface area contributed by atoms with Crippen LogP contribution in [-0.2, 0) is 23.9 Å². The molecule has 1 unspecified atom stereocenters. The summed E-state index contributed by atoms with van der Waals surface area (Å²) in [6.07, 6.45) is 0.205. The maximum atomic E-state index is 13.0. The van der Waals surface area contributed by atoms with Crippen molar-refractivity contribution in [1.82, 2.24) is 0 Å². The minimum Gasteiger partial charge on any atom is -0.468 e. The third kappa shape index (κ3) is 2.81. The SMILES string of the molecule is CCOC(=O)CC1(C(=O)OC)C[C@@H]2C(=C(C)CC[C@H]2[N+](=O)[O-])C1=O. The van der Waals surface area contributed by atoms with Gasteiger partial charge in [0, 0.05) is 16.9 Å². The van der Waals surface area contributed by atoms with Crippen molar-refractivity contribution in [3.8, 4) is 0 Å². The quantitative estimate of drug-likeness (QED) is 0.322. The largest absolute Gasteiger partial charge is 0.468 e. The Labute approximate surface area is 139 Å². The van der Waals surface area contributed by atoms with Crippen LogP contribution < -0.4 is 0 Å². The van der Waals surface area contributed by atoms with E-state index in [9.17, 15) is 24.5 Å². The fourth-order valence-corrected chi connectivity index (χ4v) is 3.84. The lowest BCUT2D eigenvalue weighted by Gasteiger charge is -2.24. The summed E-state index contributed by atoms with van der Waals surface area (Å²) in [5.41, 5.74) is -0.656. The van der Waals surface area contributed by atoms with Crippen molar-refractivity contribution in [1.29, 1.82) is 0 Å². The molecule has 0 aromatic rings. The van der Waals surface area contributed by atoms with E-state index in [0.717, 1.165) is 12.7 Å². The van der Waals surface area contributed by atoms with E-state index in [4.69, 9.17) is 9.47 Å². The summed E-state index contributed by atoms with van der Waals surface area (Å²) in [4.78, 5) is 48.2. The number of nitrogens with zero attached hydrogens (tertiary/aromatic N) is 1. The van der Waals surface area contributed by atoms with Crippen molar-refractivity contribution >= 4 is 17.7 Å². The molecule has 0 aromatic heterocycles. The highest BCUT2D eigenvalue weighted by Gasteiger charge is 2.62. The summed E-state index contributed by atoms with van der Waals surface area (Å²) in [5.74, 6) is -2.73. The average Bonchev–Trinajstić information content (AvgIpc) is 2.81. The van der Waals surface area contributed by atoms with Gasteiger partial charge in [-0.1, -0.05) is 5.57 Å². The van der Waals surface area contributed by atoms with Crippen molar-refractivity contribution in [3.63, 3.8) is 0 Å². The number of fused-ring (bicyclic) bond motifs is 1. The van der Waals surface area contributed by atoms with Crippen LogP contribution in [0.2, 0.25) is 0 Å². The van der Waals surface area contributed by atoms with Crippen LogP contribution in [0.25, 0.3) is 0 Å². The molecule has 0 saturated heterocycles. The predicted molar refractivity (Wildman–Crippen MR) is 81.5 cm³/mol. The number of ether oxygens (including phenoxy) is 2. The first-order valence-corrected chi connectivity index (χ1v) is 7.90. The molecular formula is C16H21NO7. The van der Waals surface area contributed by atoms with Gasteiger partial charge in [0.1, 0.15) is 5.41 Å². The molecule has 132 valence electrons. The monoisotopic (exact) mass is 339 g/mol. The van der Waals surface area contributed by atoms with Gasteiger partial charge in [0.15, 0.2) is 5.78 Å². The van der Waals surface area contributed by atoms with Gasteiger partial charge in [0.25, 0.3) is 0 Å². The molecule has 24 heavy (non-hydrogen) atoms. The number of esters is 2. The van der Waals surface area contributed by atoms with E-state index in [1.165, 1.54) is 0 Å². The topological polar surface area (TPSA) is 113 Å². The maximum Gasteiger partial charge on any atom is 0.320 e. The van der Waals surface area contributed by atoms with Crippen LogP contribution in [-0.4, -0.2) is 42.4 Å². The van der Waals surface area contributed by atoms with Gasteiger partial charge in [-0.15, -0.1) is 0 Å².